The van der Waals surface area contributed by atoms with Crippen LogP contribution < -0.4 is 10.9 Å². The van der Waals surface area contributed by atoms with Crippen molar-refractivity contribution in [1.29, 1.82) is 0 Å². The summed E-state index contributed by atoms with van der Waals surface area (Å²) in [6, 6.07) is 6.47. The molecule has 0 radical (unpaired) electrons. The van der Waals surface area contributed by atoms with Gasteiger partial charge >= 0.3 is 12.3 Å². The number of ether oxygens (including phenoxy) is 1. The Morgan fingerprint density at radius 3 is 2.24 bits per heavy atom. The Balaban J connectivity index is 2.04. The van der Waals surface area contributed by atoms with Crippen molar-refractivity contribution in [1.82, 2.24) is 9.55 Å². The molecule has 1 fully saturated rings. The van der Waals surface area contributed by atoms with E-state index in [9.17, 15) is 22.8 Å². The van der Waals surface area contributed by atoms with Gasteiger partial charge in [-0.2, -0.15) is 13.2 Å². The van der Waals surface area contributed by atoms with Crippen LogP contribution in [0.2, 0.25) is 5.02 Å². The van der Waals surface area contributed by atoms with Gasteiger partial charge in [0.1, 0.15) is 15.9 Å². The van der Waals surface area contributed by atoms with E-state index in [4.69, 9.17) is 16.3 Å². The number of nitrogens with one attached hydrogen (secondary N) is 1. The van der Waals surface area contributed by atoms with Gasteiger partial charge in [-0.05, 0) is 86.6 Å². The molecule has 0 spiro atoms. The lowest BCUT2D eigenvalue weighted by Crippen LogP contribution is -2.33. The molecular formula is C22H24BrClF3N3O3. The summed E-state index contributed by atoms with van der Waals surface area (Å²) in [5, 5.41) is 2.94. The highest BCUT2D eigenvalue weighted by molar-refractivity contribution is 9.10. The predicted octanol–water partition coefficient (Wildman–Crippen LogP) is 6.83. The summed E-state index contributed by atoms with van der Waals surface area (Å²) in [4.78, 5) is 30.1. The summed E-state index contributed by atoms with van der Waals surface area (Å²) < 4.78 is 46.1. The van der Waals surface area contributed by atoms with Gasteiger partial charge in [0, 0.05) is 10.9 Å². The average Bonchev–Trinajstić information content (AvgIpc) is 2.70. The average molecular weight is 551 g/mol. The Morgan fingerprint density at radius 1 is 1.15 bits per heavy atom. The first-order valence-electron chi connectivity index (χ1n) is 10.4. The highest BCUT2D eigenvalue weighted by Gasteiger charge is 2.42. The van der Waals surface area contributed by atoms with Gasteiger partial charge in [-0.25, -0.2) is 9.78 Å². The number of halogens is 5. The zero-order valence-corrected chi connectivity index (χ0v) is 20.6. The van der Waals surface area contributed by atoms with Crippen molar-refractivity contribution in [3.05, 3.63) is 49.9 Å². The van der Waals surface area contributed by atoms with E-state index in [1.807, 2.05) is 0 Å². The smallest absolute Gasteiger partial charge is 0.413 e. The van der Waals surface area contributed by atoms with Gasteiger partial charge in [0.05, 0.1) is 11.6 Å². The maximum Gasteiger partial charge on any atom is 0.413 e. The lowest BCUT2D eigenvalue weighted by atomic mass is 9.81. The van der Waals surface area contributed by atoms with Crippen molar-refractivity contribution >= 4 is 39.4 Å². The van der Waals surface area contributed by atoms with Crippen molar-refractivity contribution in [3.63, 3.8) is 0 Å². The molecule has 11 heteroatoms. The molecular weight excluding hydrogens is 527 g/mol. The van der Waals surface area contributed by atoms with Gasteiger partial charge in [-0.1, -0.05) is 11.6 Å². The molecule has 1 aliphatic rings. The summed E-state index contributed by atoms with van der Waals surface area (Å²) in [7, 11) is 0. The van der Waals surface area contributed by atoms with E-state index in [0.29, 0.717) is 10.7 Å². The lowest BCUT2D eigenvalue weighted by molar-refractivity contribution is -0.182. The van der Waals surface area contributed by atoms with E-state index in [1.165, 1.54) is 4.57 Å². The van der Waals surface area contributed by atoms with Gasteiger partial charge in [0.2, 0.25) is 0 Å². The van der Waals surface area contributed by atoms with Gasteiger partial charge < -0.3 is 4.74 Å². The number of anilines is 1. The molecule has 1 heterocycles. The maximum atomic E-state index is 13.3. The molecule has 180 valence electrons. The number of rotatable bonds is 3. The third-order valence-corrected chi connectivity index (χ3v) is 6.28. The van der Waals surface area contributed by atoms with Crippen LogP contribution >= 0.6 is 27.5 Å². The standard InChI is InChI=1S/C22H24BrClF3N3O3/c1-21(2,3)33-20(32)29-17-16(23)19(31)30(15-10-8-14(24)9-11-15)18(28-17)12-4-6-13(7-5-12)22(25,26)27/h8-13H,4-7H2,1-3H3,(H,29,32)/t12-,13+. The molecule has 0 unspecified atom stereocenters. The summed E-state index contributed by atoms with van der Waals surface area (Å²) in [5.74, 6) is -1.55. The molecule has 1 aromatic heterocycles. The molecule has 6 nitrogen and oxygen atoms in total. The summed E-state index contributed by atoms with van der Waals surface area (Å²) in [6.07, 6.45) is -4.76. The second-order valence-electron chi connectivity index (χ2n) is 8.97. The summed E-state index contributed by atoms with van der Waals surface area (Å²) in [5.41, 5.74) is -0.811. The Labute approximate surface area is 202 Å². The quantitative estimate of drug-likeness (QED) is 0.455. The topological polar surface area (TPSA) is 73.2 Å². The number of hydrogen-bond donors (Lipinski definition) is 1. The fraction of sp³-hybridized carbons (Fsp3) is 0.500. The third kappa shape index (κ3) is 6.29. The number of benzene rings is 1. The van der Waals surface area contributed by atoms with Crippen molar-refractivity contribution in [2.45, 2.75) is 64.1 Å². The van der Waals surface area contributed by atoms with Crippen LogP contribution in [-0.2, 0) is 4.74 Å². The van der Waals surface area contributed by atoms with Crippen molar-refractivity contribution in [2.24, 2.45) is 5.92 Å². The molecule has 0 bridgehead atoms. The number of amides is 1. The molecule has 1 N–H and O–H groups in total. The van der Waals surface area contributed by atoms with E-state index in [-0.39, 0.29) is 41.8 Å². The molecule has 1 aliphatic carbocycles. The van der Waals surface area contributed by atoms with Crippen molar-refractivity contribution in [3.8, 4) is 5.69 Å². The molecule has 1 saturated carbocycles. The predicted molar refractivity (Wildman–Crippen MR) is 123 cm³/mol. The van der Waals surface area contributed by atoms with Crippen LogP contribution in [0.1, 0.15) is 58.2 Å². The van der Waals surface area contributed by atoms with E-state index in [1.54, 1.807) is 45.0 Å². The Morgan fingerprint density at radius 2 is 1.73 bits per heavy atom. The molecule has 1 aromatic carbocycles. The van der Waals surface area contributed by atoms with Crippen LogP contribution in [0.15, 0.2) is 33.5 Å². The maximum absolute atomic E-state index is 13.3. The molecule has 0 aliphatic heterocycles. The number of alkyl halides is 3. The lowest BCUT2D eigenvalue weighted by Gasteiger charge is -2.31. The second-order valence-corrected chi connectivity index (χ2v) is 10.2. The highest BCUT2D eigenvalue weighted by Crippen LogP contribution is 2.43. The minimum Gasteiger partial charge on any atom is -0.444 e. The van der Waals surface area contributed by atoms with Gasteiger partial charge in [-0.3, -0.25) is 14.7 Å². The van der Waals surface area contributed by atoms with Crippen LogP contribution in [0, 0.1) is 5.92 Å². The molecule has 2 aromatic rings. The van der Waals surface area contributed by atoms with E-state index < -0.39 is 35.3 Å². The molecule has 0 atom stereocenters. The molecule has 1 amide bonds. The summed E-state index contributed by atoms with van der Waals surface area (Å²) >= 11 is 9.18. The number of carbonyl (C=O) groups is 1. The highest BCUT2D eigenvalue weighted by atomic mass is 79.9. The largest absolute Gasteiger partial charge is 0.444 e. The number of nitrogens with zero attached hydrogens (tertiary/aromatic N) is 2. The van der Waals surface area contributed by atoms with E-state index >= 15 is 0 Å². The van der Waals surface area contributed by atoms with E-state index in [0.717, 1.165) is 0 Å². The Kier molecular flexibility index (Phi) is 7.48. The first-order valence-corrected chi connectivity index (χ1v) is 11.6. The second kappa shape index (κ2) is 9.66. The SMILES string of the molecule is CC(C)(C)OC(=O)Nc1nc([C@H]2CC[C@@H](C(F)(F)F)CC2)n(-c2ccc(Cl)cc2)c(=O)c1Br. The Hall–Kier alpha value is -2.07. The molecule has 3 rings (SSSR count). The fourth-order valence-electron chi connectivity index (χ4n) is 3.79. The summed E-state index contributed by atoms with van der Waals surface area (Å²) in [6.45, 7) is 5.08. The third-order valence-electron chi connectivity index (χ3n) is 5.31. The zero-order valence-electron chi connectivity index (χ0n) is 18.3. The first kappa shape index (κ1) is 25.6. The molecule has 33 heavy (non-hydrogen) atoms. The van der Waals surface area contributed by atoms with Crippen LogP contribution in [0.5, 0.6) is 0 Å². The van der Waals surface area contributed by atoms with Crippen molar-refractivity contribution < 1.29 is 22.7 Å². The van der Waals surface area contributed by atoms with Crippen LogP contribution in [0.4, 0.5) is 23.8 Å². The zero-order chi connectivity index (χ0) is 24.6. The monoisotopic (exact) mass is 549 g/mol. The van der Waals surface area contributed by atoms with Gasteiger partial charge in [0.25, 0.3) is 5.56 Å². The van der Waals surface area contributed by atoms with Crippen molar-refractivity contribution in [2.75, 3.05) is 5.32 Å². The first-order chi connectivity index (χ1) is 15.3. The normalized spacial score (nSPS) is 19.3. The van der Waals surface area contributed by atoms with Crippen LogP contribution in [0.3, 0.4) is 0 Å². The number of aromatic nitrogens is 2. The Bertz CT molecular complexity index is 1070. The van der Waals surface area contributed by atoms with Crippen LogP contribution in [-0.4, -0.2) is 27.4 Å². The minimum atomic E-state index is -4.25. The van der Waals surface area contributed by atoms with Gasteiger partial charge in [0.15, 0.2) is 5.82 Å². The van der Waals surface area contributed by atoms with Gasteiger partial charge in [-0.15, -0.1) is 0 Å². The van der Waals surface area contributed by atoms with Crippen LogP contribution in [0.25, 0.3) is 5.69 Å². The number of carbonyl (C=O) groups excluding carboxylic acids is 1. The minimum absolute atomic E-state index is 0.00367. The molecule has 0 saturated heterocycles. The van der Waals surface area contributed by atoms with E-state index in [2.05, 4.69) is 26.2 Å². The number of hydrogen-bond acceptors (Lipinski definition) is 4. The fourth-order valence-corrected chi connectivity index (χ4v) is 4.28.